The number of amides is 2. The quantitative estimate of drug-likeness (QED) is 0.856. The molecule has 1 unspecified atom stereocenters. The number of nitrogens with one attached hydrogen (secondary N) is 1. The lowest BCUT2D eigenvalue weighted by molar-refractivity contribution is -0.134. The third-order valence-electron chi connectivity index (χ3n) is 4.36. The van der Waals surface area contributed by atoms with E-state index in [1.165, 1.54) is 0 Å². The summed E-state index contributed by atoms with van der Waals surface area (Å²) in [6, 6.07) is 8.81. The number of alkyl halides is 2. The van der Waals surface area contributed by atoms with Crippen LogP contribution in [-0.2, 0) is 4.79 Å². The van der Waals surface area contributed by atoms with E-state index in [9.17, 15) is 18.4 Å². The zero-order chi connectivity index (χ0) is 17.8. The van der Waals surface area contributed by atoms with E-state index in [1.807, 2.05) is 6.07 Å². The molecule has 1 fully saturated rings. The number of hydrogen-bond acceptors (Lipinski definition) is 3. The zero-order valence-electron chi connectivity index (χ0n) is 13.7. The van der Waals surface area contributed by atoms with Crippen molar-refractivity contribution in [3.05, 3.63) is 35.9 Å². The van der Waals surface area contributed by atoms with E-state index in [1.54, 1.807) is 36.1 Å². The van der Waals surface area contributed by atoms with Crippen LogP contribution < -0.4 is 11.1 Å². The predicted molar refractivity (Wildman–Crippen MR) is 86.7 cm³/mol. The van der Waals surface area contributed by atoms with Crippen molar-refractivity contribution in [2.24, 2.45) is 11.1 Å². The van der Waals surface area contributed by atoms with E-state index in [0.29, 0.717) is 24.9 Å². The van der Waals surface area contributed by atoms with Crippen molar-refractivity contribution < 1.29 is 18.4 Å². The van der Waals surface area contributed by atoms with E-state index in [0.717, 1.165) is 0 Å². The Morgan fingerprint density at radius 1 is 1.33 bits per heavy atom. The van der Waals surface area contributed by atoms with E-state index in [2.05, 4.69) is 5.32 Å². The summed E-state index contributed by atoms with van der Waals surface area (Å²) in [5, 5.41) is 2.28. The molecule has 1 aromatic carbocycles. The smallest absolute Gasteiger partial charge is 0.277 e. The van der Waals surface area contributed by atoms with E-state index in [-0.39, 0.29) is 12.5 Å². The molecule has 0 spiro atoms. The lowest BCUT2D eigenvalue weighted by atomic mass is 9.80. The van der Waals surface area contributed by atoms with Crippen LogP contribution in [0.3, 0.4) is 0 Å². The Bertz CT molecular complexity index is 595. The largest absolute Gasteiger partial charge is 0.349 e. The molecule has 0 saturated carbocycles. The van der Waals surface area contributed by atoms with Crippen LogP contribution in [0.1, 0.15) is 30.1 Å². The number of rotatable bonds is 5. The number of carbonyl (C=O) groups excluding carboxylic acids is 2. The standard InChI is InChI=1S/C17H23F2N3O2/c1-16(15(24)21-11-17(18,19)10-20)8-5-9-22(12-16)14(23)13-6-3-2-4-7-13/h2-4,6-7H,5,8-12,20H2,1H3,(H,21,24). The minimum absolute atomic E-state index is 0.151. The molecule has 5 nitrogen and oxygen atoms in total. The van der Waals surface area contributed by atoms with Crippen LogP contribution in [0.15, 0.2) is 30.3 Å². The fraction of sp³-hybridized carbons (Fsp3) is 0.529. The number of halogens is 2. The van der Waals surface area contributed by atoms with Crippen molar-refractivity contribution in [1.29, 1.82) is 0 Å². The first-order valence-electron chi connectivity index (χ1n) is 7.98. The number of hydrogen-bond donors (Lipinski definition) is 2. The number of benzene rings is 1. The number of nitrogens with zero attached hydrogens (tertiary/aromatic N) is 1. The molecule has 132 valence electrons. The van der Waals surface area contributed by atoms with E-state index >= 15 is 0 Å². The third kappa shape index (κ3) is 4.29. The van der Waals surface area contributed by atoms with Gasteiger partial charge in [0.2, 0.25) is 5.91 Å². The molecule has 1 saturated heterocycles. The normalized spacial score (nSPS) is 21.4. The lowest BCUT2D eigenvalue weighted by Crippen LogP contribution is -2.54. The zero-order valence-corrected chi connectivity index (χ0v) is 13.7. The average Bonchev–Trinajstić information content (AvgIpc) is 2.60. The fourth-order valence-electron chi connectivity index (χ4n) is 2.86. The van der Waals surface area contributed by atoms with Crippen LogP contribution in [0.4, 0.5) is 8.78 Å². The highest BCUT2D eigenvalue weighted by Gasteiger charge is 2.40. The summed E-state index contributed by atoms with van der Waals surface area (Å²) in [6.45, 7) is 0.858. The Hall–Kier alpha value is -2.02. The van der Waals surface area contributed by atoms with Crippen LogP contribution in [0.5, 0.6) is 0 Å². The Labute approximate surface area is 140 Å². The molecule has 0 aliphatic carbocycles. The number of carbonyl (C=O) groups is 2. The lowest BCUT2D eigenvalue weighted by Gasteiger charge is -2.39. The fourth-order valence-corrected chi connectivity index (χ4v) is 2.86. The molecule has 1 aromatic rings. The molecule has 24 heavy (non-hydrogen) atoms. The minimum atomic E-state index is -3.12. The summed E-state index contributed by atoms with van der Waals surface area (Å²) >= 11 is 0. The van der Waals surface area contributed by atoms with E-state index < -0.39 is 30.3 Å². The van der Waals surface area contributed by atoms with Crippen molar-refractivity contribution in [2.75, 3.05) is 26.2 Å². The van der Waals surface area contributed by atoms with Gasteiger partial charge in [0.15, 0.2) is 0 Å². The highest BCUT2D eigenvalue weighted by molar-refractivity contribution is 5.95. The molecular weight excluding hydrogens is 316 g/mol. The first-order chi connectivity index (χ1) is 11.3. The maximum Gasteiger partial charge on any atom is 0.277 e. The van der Waals surface area contributed by atoms with Gasteiger partial charge in [-0.15, -0.1) is 0 Å². The van der Waals surface area contributed by atoms with Gasteiger partial charge < -0.3 is 16.0 Å². The summed E-state index contributed by atoms with van der Waals surface area (Å²) in [7, 11) is 0. The van der Waals surface area contributed by atoms with Gasteiger partial charge in [-0.1, -0.05) is 18.2 Å². The molecule has 2 amide bonds. The number of likely N-dealkylation sites (tertiary alicyclic amines) is 1. The molecule has 0 radical (unpaired) electrons. The van der Waals surface area contributed by atoms with Gasteiger partial charge in [0.25, 0.3) is 11.8 Å². The predicted octanol–water partition coefficient (Wildman–Crippen LogP) is 1.64. The minimum Gasteiger partial charge on any atom is -0.349 e. The first kappa shape index (κ1) is 18.3. The third-order valence-corrected chi connectivity index (χ3v) is 4.36. The summed E-state index contributed by atoms with van der Waals surface area (Å²) < 4.78 is 26.5. The van der Waals surface area contributed by atoms with Gasteiger partial charge in [0.05, 0.1) is 18.5 Å². The van der Waals surface area contributed by atoms with Gasteiger partial charge in [0.1, 0.15) is 0 Å². The van der Waals surface area contributed by atoms with Gasteiger partial charge in [-0.05, 0) is 31.9 Å². The summed E-state index contributed by atoms with van der Waals surface area (Å²) in [5.74, 6) is -3.75. The highest BCUT2D eigenvalue weighted by Crippen LogP contribution is 2.30. The molecule has 7 heteroatoms. The maximum absolute atomic E-state index is 13.2. The van der Waals surface area contributed by atoms with Gasteiger partial charge in [0, 0.05) is 18.7 Å². The van der Waals surface area contributed by atoms with Crippen LogP contribution >= 0.6 is 0 Å². The monoisotopic (exact) mass is 339 g/mol. The van der Waals surface area contributed by atoms with Crippen molar-refractivity contribution >= 4 is 11.8 Å². The number of nitrogens with two attached hydrogens (primary N) is 1. The molecule has 1 heterocycles. The average molecular weight is 339 g/mol. The second kappa shape index (κ2) is 7.25. The summed E-state index contributed by atoms with van der Waals surface area (Å²) in [5.41, 5.74) is 4.65. The topological polar surface area (TPSA) is 75.4 Å². The Balaban J connectivity index is 2.03. The first-order valence-corrected chi connectivity index (χ1v) is 7.98. The van der Waals surface area contributed by atoms with Gasteiger partial charge in [-0.2, -0.15) is 0 Å². The van der Waals surface area contributed by atoms with Crippen LogP contribution in [-0.4, -0.2) is 48.8 Å². The van der Waals surface area contributed by atoms with Gasteiger partial charge in [-0.3, -0.25) is 9.59 Å². The Morgan fingerprint density at radius 2 is 2.00 bits per heavy atom. The molecule has 0 bridgehead atoms. The molecule has 1 atom stereocenters. The molecule has 2 rings (SSSR count). The Kier molecular flexibility index (Phi) is 5.54. The van der Waals surface area contributed by atoms with Crippen molar-refractivity contribution in [2.45, 2.75) is 25.7 Å². The second-order valence-electron chi connectivity index (χ2n) is 6.50. The second-order valence-corrected chi connectivity index (χ2v) is 6.50. The maximum atomic E-state index is 13.2. The van der Waals surface area contributed by atoms with Crippen molar-refractivity contribution in [3.63, 3.8) is 0 Å². The SMILES string of the molecule is CC1(C(=O)NCC(F)(F)CN)CCCN(C(=O)c2ccccc2)C1. The Morgan fingerprint density at radius 3 is 2.62 bits per heavy atom. The van der Waals surface area contributed by atoms with Crippen molar-refractivity contribution in [1.82, 2.24) is 10.2 Å². The summed E-state index contributed by atoms with van der Waals surface area (Å²) in [4.78, 5) is 26.5. The molecule has 3 N–H and O–H groups in total. The summed E-state index contributed by atoms with van der Waals surface area (Å²) in [6.07, 6.45) is 1.20. The van der Waals surface area contributed by atoms with E-state index in [4.69, 9.17) is 5.73 Å². The van der Waals surface area contributed by atoms with Crippen LogP contribution in [0.2, 0.25) is 0 Å². The van der Waals surface area contributed by atoms with Gasteiger partial charge >= 0.3 is 0 Å². The molecule has 1 aliphatic rings. The van der Waals surface area contributed by atoms with Crippen LogP contribution in [0.25, 0.3) is 0 Å². The molecule has 1 aliphatic heterocycles. The number of piperidine rings is 1. The van der Waals surface area contributed by atoms with Gasteiger partial charge in [-0.25, -0.2) is 8.78 Å². The molecule has 0 aromatic heterocycles. The highest BCUT2D eigenvalue weighted by atomic mass is 19.3. The van der Waals surface area contributed by atoms with Crippen molar-refractivity contribution in [3.8, 4) is 0 Å². The van der Waals surface area contributed by atoms with Crippen LogP contribution in [0, 0.1) is 5.41 Å². The molecular formula is C17H23F2N3O2.